The highest BCUT2D eigenvalue weighted by atomic mass is 79.9. The van der Waals surface area contributed by atoms with Crippen molar-refractivity contribution in [1.82, 2.24) is 4.90 Å². The average molecular weight is 397 g/mol. The van der Waals surface area contributed by atoms with Crippen molar-refractivity contribution in [1.29, 1.82) is 0 Å². The van der Waals surface area contributed by atoms with Crippen LogP contribution in [-0.4, -0.2) is 30.2 Å². The first kappa shape index (κ1) is 16.3. The van der Waals surface area contributed by atoms with Crippen LogP contribution in [0, 0.1) is 0 Å². The Bertz CT molecular complexity index is 686. The van der Waals surface area contributed by atoms with Gasteiger partial charge in [0, 0.05) is 9.50 Å². The molecule has 120 valence electrons. The molecule has 0 saturated carbocycles. The summed E-state index contributed by atoms with van der Waals surface area (Å²) in [7, 11) is 0. The van der Waals surface area contributed by atoms with Crippen LogP contribution in [0.5, 0.6) is 5.75 Å². The Hall–Kier alpha value is -1.56. The molecule has 0 radical (unpaired) electrons. The molecule has 23 heavy (non-hydrogen) atoms. The molecule has 0 atom stereocenters. The van der Waals surface area contributed by atoms with E-state index in [1.807, 2.05) is 36.4 Å². The molecule has 0 aromatic heterocycles. The van der Waals surface area contributed by atoms with E-state index in [0.29, 0.717) is 30.5 Å². The summed E-state index contributed by atoms with van der Waals surface area (Å²) in [5, 5.41) is 0.707. The van der Waals surface area contributed by atoms with E-state index in [2.05, 4.69) is 15.9 Å². The zero-order valence-electron chi connectivity index (χ0n) is 12.2. The number of hydrogen-bond donors (Lipinski definition) is 0. The Balaban J connectivity index is 1.42. The number of benzene rings is 2. The van der Waals surface area contributed by atoms with Gasteiger partial charge in [0.25, 0.3) is 0 Å². The van der Waals surface area contributed by atoms with Crippen molar-refractivity contribution in [2.75, 3.05) is 13.1 Å². The molecule has 0 N–H and O–H groups in total. The minimum absolute atomic E-state index is 0.0423. The van der Waals surface area contributed by atoms with Gasteiger partial charge in [-0.25, -0.2) is 4.79 Å². The summed E-state index contributed by atoms with van der Waals surface area (Å²) in [6.07, 6.45) is -0.310. The van der Waals surface area contributed by atoms with Crippen LogP contribution in [0.1, 0.15) is 5.56 Å². The molecule has 2 aromatic carbocycles. The third-order valence-corrected chi connectivity index (χ3v) is 4.25. The molecule has 2 aromatic rings. The SMILES string of the molecule is O=C(Oc1cccc(Br)c1)N1CC(OCc2ccc(Cl)cc2)C1. The summed E-state index contributed by atoms with van der Waals surface area (Å²) in [6.45, 7) is 1.59. The average Bonchev–Trinajstić information content (AvgIpc) is 2.47. The van der Waals surface area contributed by atoms with Crippen LogP contribution in [0.3, 0.4) is 0 Å². The maximum atomic E-state index is 12.0. The highest BCUT2D eigenvalue weighted by molar-refractivity contribution is 9.10. The van der Waals surface area contributed by atoms with Gasteiger partial charge < -0.3 is 14.4 Å². The van der Waals surface area contributed by atoms with Crippen LogP contribution < -0.4 is 4.74 Å². The summed E-state index contributed by atoms with van der Waals surface area (Å²) in [5.74, 6) is 0.523. The Kier molecular flexibility index (Phi) is 5.20. The number of likely N-dealkylation sites (tertiary alicyclic amines) is 1. The topological polar surface area (TPSA) is 38.8 Å². The molecule has 0 spiro atoms. The molecule has 1 amide bonds. The van der Waals surface area contributed by atoms with E-state index in [9.17, 15) is 4.79 Å². The Morgan fingerprint density at radius 3 is 2.65 bits per heavy atom. The number of ether oxygens (including phenoxy) is 2. The van der Waals surface area contributed by atoms with Gasteiger partial charge in [0.05, 0.1) is 25.8 Å². The minimum atomic E-state index is -0.352. The molecule has 1 aliphatic rings. The number of hydrogen-bond acceptors (Lipinski definition) is 3. The van der Waals surface area contributed by atoms with Gasteiger partial charge >= 0.3 is 6.09 Å². The normalized spacial score (nSPS) is 14.4. The molecule has 1 fully saturated rings. The zero-order valence-corrected chi connectivity index (χ0v) is 14.6. The standard InChI is InChI=1S/C17H15BrClNO3/c18-13-2-1-3-15(8-13)23-17(21)20-9-16(10-20)22-11-12-4-6-14(19)7-5-12/h1-8,16H,9-11H2. The van der Waals surface area contributed by atoms with Crippen molar-refractivity contribution in [3.63, 3.8) is 0 Å². The number of nitrogens with zero attached hydrogens (tertiary/aromatic N) is 1. The molecule has 1 saturated heterocycles. The van der Waals surface area contributed by atoms with Crippen LogP contribution in [0.2, 0.25) is 5.02 Å². The summed E-state index contributed by atoms with van der Waals surface area (Å²) < 4.78 is 11.9. The van der Waals surface area contributed by atoms with E-state index < -0.39 is 0 Å². The lowest BCUT2D eigenvalue weighted by atomic mass is 10.2. The van der Waals surface area contributed by atoms with Crippen LogP contribution >= 0.6 is 27.5 Å². The predicted octanol–water partition coefficient (Wildman–Crippen LogP) is 4.50. The van der Waals surface area contributed by atoms with Crippen molar-refractivity contribution in [2.24, 2.45) is 0 Å². The van der Waals surface area contributed by atoms with Crippen molar-refractivity contribution < 1.29 is 14.3 Å². The first-order valence-electron chi connectivity index (χ1n) is 7.18. The maximum Gasteiger partial charge on any atom is 0.415 e. The number of amides is 1. The van der Waals surface area contributed by atoms with Gasteiger partial charge in [-0.3, -0.25) is 0 Å². The van der Waals surface area contributed by atoms with Crippen molar-refractivity contribution in [3.8, 4) is 5.75 Å². The number of rotatable bonds is 4. The number of carbonyl (C=O) groups excluding carboxylic acids is 1. The van der Waals surface area contributed by atoms with E-state index in [-0.39, 0.29) is 12.2 Å². The van der Waals surface area contributed by atoms with Gasteiger partial charge in [-0.2, -0.15) is 0 Å². The molecule has 0 aliphatic carbocycles. The minimum Gasteiger partial charge on any atom is -0.410 e. The van der Waals surface area contributed by atoms with Crippen LogP contribution in [-0.2, 0) is 11.3 Å². The first-order valence-corrected chi connectivity index (χ1v) is 8.35. The van der Waals surface area contributed by atoms with Gasteiger partial charge in [-0.15, -0.1) is 0 Å². The van der Waals surface area contributed by atoms with Gasteiger partial charge in [-0.1, -0.05) is 45.7 Å². The largest absolute Gasteiger partial charge is 0.415 e. The van der Waals surface area contributed by atoms with Gasteiger partial charge in [0.2, 0.25) is 0 Å². The van der Waals surface area contributed by atoms with Gasteiger partial charge in [-0.05, 0) is 35.9 Å². The highest BCUT2D eigenvalue weighted by Crippen LogP contribution is 2.21. The van der Waals surface area contributed by atoms with E-state index >= 15 is 0 Å². The fourth-order valence-electron chi connectivity index (χ4n) is 2.18. The fourth-order valence-corrected chi connectivity index (χ4v) is 2.69. The smallest absolute Gasteiger partial charge is 0.410 e. The third-order valence-electron chi connectivity index (χ3n) is 3.51. The second kappa shape index (κ2) is 7.34. The predicted molar refractivity (Wildman–Crippen MR) is 91.8 cm³/mol. The van der Waals surface area contributed by atoms with E-state index in [1.165, 1.54) is 0 Å². The summed E-state index contributed by atoms with van der Waals surface area (Å²) in [4.78, 5) is 13.6. The lowest BCUT2D eigenvalue weighted by molar-refractivity contribution is -0.0508. The zero-order chi connectivity index (χ0) is 16.2. The second-order valence-corrected chi connectivity index (χ2v) is 6.64. The second-order valence-electron chi connectivity index (χ2n) is 5.29. The molecular formula is C17H15BrClNO3. The number of carbonyl (C=O) groups is 1. The van der Waals surface area contributed by atoms with Gasteiger partial charge in [0.15, 0.2) is 0 Å². The Morgan fingerprint density at radius 1 is 1.22 bits per heavy atom. The first-order chi connectivity index (χ1) is 11.1. The lowest BCUT2D eigenvalue weighted by Crippen LogP contribution is -2.55. The highest BCUT2D eigenvalue weighted by Gasteiger charge is 2.32. The van der Waals surface area contributed by atoms with Crippen LogP contribution in [0.15, 0.2) is 53.0 Å². The van der Waals surface area contributed by atoms with Crippen molar-refractivity contribution >= 4 is 33.6 Å². The molecule has 0 bridgehead atoms. The van der Waals surface area contributed by atoms with Crippen LogP contribution in [0.25, 0.3) is 0 Å². The maximum absolute atomic E-state index is 12.0. The molecule has 1 heterocycles. The van der Waals surface area contributed by atoms with E-state index in [4.69, 9.17) is 21.1 Å². The summed E-state index contributed by atoms with van der Waals surface area (Å²) >= 11 is 9.18. The summed E-state index contributed by atoms with van der Waals surface area (Å²) in [5.41, 5.74) is 1.06. The quantitative estimate of drug-likeness (QED) is 0.763. The van der Waals surface area contributed by atoms with E-state index in [0.717, 1.165) is 10.0 Å². The summed E-state index contributed by atoms with van der Waals surface area (Å²) in [6, 6.07) is 14.7. The fraction of sp³-hybridized carbons (Fsp3) is 0.235. The van der Waals surface area contributed by atoms with Gasteiger partial charge in [0.1, 0.15) is 5.75 Å². The van der Waals surface area contributed by atoms with Crippen molar-refractivity contribution in [2.45, 2.75) is 12.7 Å². The van der Waals surface area contributed by atoms with Crippen molar-refractivity contribution in [3.05, 3.63) is 63.6 Å². The molecule has 4 nitrogen and oxygen atoms in total. The monoisotopic (exact) mass is 395 g/mol. The third kappa shape index (κ3) is 4.47. The van der Waals surface area contributed by atoms with Crippen LogP contribution in [0.4, 0.5) is 4.79 Å². The molecule has 0 unspecified atom stereocenters. The van der Waals surface area contributed by atoms with E-state index in [1.54, 1.807) is 17.0 Å². The molecule has 1 aliphatic heterocycles. The lowest BCUT2D eigenvalue weighted by Gasteiger charge is -2.37. The molecule has 3 rings (SSSR count). The molecular weight excluding hydrogens is 382 g/mol. The number of halogens is 2. The molecule has 6 heteroatoms. The Morgan fingerprint density at radius 2 is 1.96 bits per heavy atom. The Labute approximate surface area is 148 Å².